The number of nitrogens with one attached hydrogen (secondary N) is 1. The monoisotopic (exact) mass is 295 g/mol. The lowest BCUT2D eigenvalue weighted by Crippen LogP contribution is -2.45. The van der Waals surface area contributed by atoms with Crippen LogP contribution in [0.15, 0.2) is 12.7 Å². The van der Waals surface area contributed by atoms with Crippen LogP contribution in [-0.2, 0) is 11.3 Å². The molecule has 2 rings (SSSR count). The van der Waals surface area contributed by atoms with Crippen LogP contribution in [0.5, 0.6) is 0 Å². The molecule has 1 aliphatic rings. The van der Waals surface area contributed by atoms with E-state index in [1.54, 1.807) is 11.0 Å². The molecule has 1 atom stereocenters. The van der Waals surface area contributed by atoms with Gasteiger partial charge in [-0.15, -0.1) is 0 Å². The smallest absolute Gasteiger partial charge is 0.220 e. The molecule has 0 saturated carbocycles. The lowest BCUT2D eigenvalue weighted by Gasteiger charge is -2.34. The minimum absolute atomic E-state index is 0.0765. The summed E-state index contributed by atoms with van der Waals surface area (Å²) in [6.07, 6.45) is 7.85. The molecule has 2 N–H and O–H groups in total. The van der Waals surface area contributed by atoms with E-state index in [-0.39, 0.29) is 18.6 Å². The zero-order valence-electron chi connectivity index (χ0n) is 12.4. The van der Waals surface area contributed by atoms with Gasteiger partial charge >= 0.3 is 0 Å². The standard InChI is InChI=1S/C14H25N5O2/c20-10-13-4-1-2-7-18(13)9-6-16-14(21)5-3-8-19-12-15-11-17-19/h11-13,20H,1-10H2,(H,16,21)/t13-/m1/s1. The van der Waals surface area contributed by atoms with Gasteiger partial charge in [0.2, 0.25) is 5.91 Å². The van der Waals surface area contributed by atoms with Crippen molar-refractivity contribution in [3.05, 3.63) is 12.7 Å². The Labute approximate surface area is 125 Å². The Morgan fingerprint density at radius 2 is 2.29 bits per heavy atom. The topological polar surface area (TPSA) is 83.3 Å². The van der Waals surface area contributed by atoms with Gasteiger partial charge in [0.05, 0.1) is 6.61 Å². The van der Waals surface area contributed by atoms with Gasteiger partial charge in [-0.05, 0) is 25.8 Å². The number of hydrogen-bond donors (Lipinski definition) is 2. The Hall–Kier alpha value is -1.47. The number of carbonyl (C=O) groups excluding carboxylic acids is 1. The molecule has 0 spiro atoms. The molecule has 1 fully saturated rings. The highest BCUT2D eigenvalue weighted by Gasteiger charge is 2.20. The number of piperidine rings is 1. The third-order valence-electron chi connectivity index (χ3n) is 3.94. The quantitative estimate of drug-likeness (QED) is 0.706. The van der Waals surface area contributed by atoms with Crippen molar-refractivity contribution in [3.63, 3.8) is 0 Å². The molecule has 1 aromatic heterocycles. The van der Waals surface area contributed by atoms with Crippen LogP contribution in [0.4, 0.5) is 0 Å². The number of aryl methyl sites for hydroxylation is 1. The number of rotatable bonds is 8. The average molecular weight is 295 g/mol. The molecule has 0 bridgehead atoms. The number of aliphatic hydroxyl groups is 1. The fourth-order valence-electron chi connectivity index (χ4n) is 2.74. The van der Waals surface area contributed by atoms with Crippen molar-refractivity contribution >= 4 is 5.91 Å². The van der Waals surface area contributed by atoms with Gasteiger partial charge in [-0.25, -0.2) is 4.98 Å². The van der Waals surface area contributed by atoms with Gasteiger partial charge in [-0.2, -0.15) is 5.10 Å². The van der Waals surface area contributed by atoms with E-state index in [0.717, 1.165) is 25.9 Å². The van der Waals surface area contributed by atoms with Crippen molar-refractivity contribution in [2.24, 2.45) is 0 Å². The average Bonchev–Trinajstić information content (AvgIpc) is 3.01. The predicted molar refractivity (Wildman–Crippen MR) is 78.6 cm³/mol. The molecule has 7 heteroatoms. The highest BCUT2D eigenvalue weighted by molar-refractivity contribution is 5.75. The van der Waals surface area contributed by atoms with Gasteiger partial charge in [0, 0.05) is 32.1 Å². The molecule has 21 heavy (non-hydrogen) atoms. The summed E-state index contributed by atoms with van der Waals surface area (Å²) in [6.45, 7) is 3.42. The van der Waals surface area contributed by atoms with E-state index >= 15 is 0 Å². The van der Waals surface area contributed by atoms with Crippen molar-refractivity contribution in [2.75, 3.05) is 26.2 Å². The second kappa shape index (κ2) is 8.74. The maximum atomic E-state index is 11.7. The van der Waals surface area contributed by atoms with Crippen LogP contribution >= 0.6 is 0 Å². The van der Waals surface area contributed by atoms with Gasteiger partial charge in [0.1, 0.15) is 12.7 Å². The van der Waals surface area contributed by atoms with Crippen molar-refractivity contribution in [2.45, 2.75) is 44.7 Å². The summed E-state index contributed by atoms with van der Waals surface area (Å²) in [5, 5.41) is 16.3. The van der Waals surface area contributed by atoms with Gasteiger partial charge < -0.3 is 10.4 Å². The Bertz CT molecular complexity index is 410. The third kappa shape index (κ3) is 5.43. The molecule has 0 unspecified atom stereocenters. The van der Waals surface area contributed by atoms with Crippen LogP contribution in [0.3, 0.4) is 0 Å². The number of hydrogen-bond acceptors (Lipinski definition) is 5. The van der Waals surface area contributed by atoms with Crippen LogP contribution in [0.1, 0.15) is 32.1 Å². The highest BCUT2D eigenvalue weighted by atomic mass is 16.3. The zero-order chi connectivity index (χ0) is 14.9. The normalized spacial score (nSPS) is 19.6. The number of aromatic nitrogens is 3. The number of carbonyl (C=O) groups is 1. The van der Waals surface area contributed by atoms with Crippen molar-refractivity contribution in [3.8, 4) is 0 Å². The molecule has 118 valence electrons. The van der Waals surface area contributed by atoms with Gasteiger partial charge in [0.25, 0.3) is 0 Å². The van der Waals surface area contributed by atoms with Crippen LogP contribution in [0.2, 0.25) is 0 Å². The fourth-order valence-corrected chi connectivity index (χ4v) is 2.74. The molecule has 1 amide bonds. The first-order chi connectivity index (χ1) is 10.3. The summed E-state index contributed by atoms with van der Waals surface area (Å²) >= 11 is 0. The fraction of sp³-hybridized carbons (Fsp3) is 0.786. The SMILES string of the molecule is O=C(CCCn1cncn1)NCCN1CCCC[C@@H]1CO. The maximum Gasteiger partial charge on any atom is 0.220 e. The van der Waals surface area contributed by atoms with E-state index in [0.29, 0.717) is 19.5 Å². The van der Waals surface area contributed by atoms with Crippen LogP contribution in [-0.4, -0.2) is 63.0 Å². The largest absolute Gasteiger partial charge is 0.395 e. The molecule has 0 aromatic carbocycles. The highest BCUT2D eigenvalue weighted by Crippen LogP contribution is 2.15. The van der Waals surface area contributed by atoms with Crippen molar-refractivity contribution in [1.29, 1.82) is 0 Å². The summed E-state index contributed by atoms with van der Waals surface area (Å²) < 4.78 is 1.73. The van der Waals surface area contributed by atoms with Crippen LogP contribution in [0, 0.1) is 0 Å². The molecule has 0 radical (unpaired) electrons. The first kappa shape index (κ1) is 15.9. The summed E-state index contributed by atoms with van der Waals surface area (Å²) in [5.41, 5.74) is 0. The van der Waals surface area contributed by atoms with Gasteiger partial charge in [0.15, 0.2) is 0 Å². The number of aliphatic hydroxyl groups excluding tert-OH is 1. The first-order valence-corrected chi connectivity index (χ1v) is 7.73. The van der Waals surface area contributed by atoms with Crippen LogP contribution in [0.25, 0.3) is 0 Å². The molecule has 1 aromatic rings. The van der Waals surface area contributed by atoms with Crippen molar-refractivity contribution in [1.82, 2.24) is 25.0 Å². The van der Waals surface area contributed by atoms with Gasteiger partial charge in [-0.3, -0.25) is 14.4 Å². The molecule has 2 heterocycles. The molecule has 0 aliphatic carbocycles. The summed E-state index contributed by atoms with van der Waals surface area (Å²) in [6, 6.07) is 0.267. The van der Waals surface area contributed by atoms with E-state index < -0.39 is 0 Å². The second-order valence-corrected chi connectivity index (χ2v) is 5.48. The number of amides is 1. The summed E-state index contributed by atoms with van der Waals surface area (Å²) in [5.74, 6) is 0.0765. The van der Waals surface area contributed by atoms with Crippen LogP contribution < -0.4 is 5.32 Å². The Kier molecular flexibility index (Phi) is 6.62. The van der Waals surface area contributed by atoms with E-state index in [2.05, 4.69) is 20.3 Å². The molecular formula is C14H25N5O2. The minimum atomic E-state index is 0.0765. The minimum Gasteiger partial charge on any atom is -0.395 e. The predicted octanol–water partition coefficient (Wildman–Crippen LogP) is 0.0213. The lowest BCUT2D eigenvalue weighted by molar-refractivity contribution is -0.121. The lowest BCUT2D eigenvalue weighted by atomic mass is 10.0. The number of nitrogens with zero attached hydrogens (tertiary/aromatic N) is 4. The second-order valence-electron chi connectivity index (χ2n) is 5.48. The third-order valence-corrected chi connectivity index (χ3v) is 3.94. The van der Waals surface area contributed by atoms with E-state index in [4.69, 9.17) is 0 Å². The molecule has 1 saturated heterocycles. The van der Waals surface area contributed by atoms with E-state index in [1.165, 1.54) is 19.2 Å². The van der Waals surface area contributed by atoms with E-state index in [1.807, 2.05) is 0 Å². The Balaban J connectivity index is 1.56. The Morgan fingerprint density at radius 1 is 1.38 bits per heavy atom. The molecule has 1 aliphatic heterocycles. The molecular weight excluding hydrogens is 270 g/mol. The summed E-state index contributed by atoms with van der Waals surface area (Å²) in [4.78, 5) is 17.9. The summed E-state index contributed by atoms with van der Waals surface area (Å²) in [7, 11) is 0. The Morgan fingerprint density at radius 3 is 3.05 bits per heavy atom. The molecule has 7 nitrogen and oxygen atoms in total. The van der Waals surface area contributed by atoms with E-state index in [9.17, 15) is 9.90 Å². The van der Waals surface area contributed by atoms with Gasteiger partial charge in [-0.1, -0.05) is 6.42 Å². The maximum absolute atomic E-state index is 11.7. The van der Waals surface area contributed by atoms with Crippen molar-refractivity contribution < 1.29 is 9.90 Å². The first-order valence-electron chi connectivity index (χ1n) is 7.73. The number of likely N-dealkylation sites (tertiary alicyclic amines) is 1. The zero-order valence-corrected chi connectivity index (χ0v) is 12.4.